The molecule has 104 valence electrons. The highest BCUT2D eigenvalue weighted by atomic mass is 16.5. The lowest BCUT2D eigenvalue weighted by molar-refractivity contribution is 0.0944. The van der Waals surface area contributed by atoms with Crippen LogP contribution in [0.4, 0.5) is 5.69 Å². The molecule has 1 heterocycles. The molecule has 1 aromatic carbocycles. The summed E-state index contributed by atoms with van der Waals surface area (Å²) in [5, 5.41) is 2.96. The number of nitrogens with zero attached hydrogens (tertiary/aromatic N) is 1. The summed E-state index contributed by atoms with van der Waals surface area (Å²) in [6.07, 6.45) is 1.13. The van der Waals surface area contributed by atoms with Gasteiger partial charge in [-0.25, -0.2) is 0 Å². The fourth-order valence-corrected chi connectivity index (χ4v) is 2.49. The molecule has 1 saturated heterocycles. The van der Waals surface area contributed by atoms with Crippen molar-refractivity contribution < 1.29 is 9.53 Å². The lowest BCUT2D eigenvalue weighted by Gasteiger charge is -2.14. The maximum Gasteiger partial charge on any atom is 0.255 e. The first-order valence-corrected chi connectivity index (χ1v) is 6.51. The first-order valence-electron chi connectivity index (χ1n) is 6.51. The SMILES string of the molecule is COc1c(N)cccc1C(=O)NCC1CCN(C)C1. The average Bonchev–Trinajstić information content (AvgIpc) is 2.81. The Bertz CT molecular complexity index is 462. The fourth-order valence-electron chi connectivity index (χ4n) is 2.49. The van der Waals surface area contributed by atoms with Crippen LogP contribution < -0.4 is 15.8 Å². The molecule has 5 heteroatoms. The van der Waals surface area contributed by atoms with E-state index in [1.807, 2.05) is 0 Å². The summed E-state index contributed by atoms with van der Waals surface area (Å²) in [6.45, 7) is 2.83. The molecule has 0 radical (unpaired) electrons. The van der Waals surface area contributed by atoms with Gasteiger partial charge in [0.05, 0.1) is 18.4 Å². The number of amides is 1. The summed E-state index contributed by atoms with van der Waals surface area (Å²) < 4.78 is 5.19. The number of para-hydroxylation sites is 1. The van der Waals surface area contributed by atoms with Crippen molar-refractivity contribution in [1.82, 2.24) is 10.2 Å². The number of hydrogen-bond acceptors (Lipinski definition) is 4. The summed E-state index contributed by atoms with van der Waals surface area (Å²) >= 11 is 0. The van der Waals surface area contributed by atoms with E-state index in [0.717, 1.165) is 19.5 Å². The van der Waals surface area contributed by atoms with Crippen LogP contribution in [0, 0.1) is 5.92 Å². The Morgan fingerprint density at radius 2 is 2.37 bits per heavy atom. The molecule has 0 spiro atoms. The first-order chi connectivity index (χ1) is 9.11. The summed E-state index contributed by atoms with van der Waals surface area (Å²) in [6, 6.07) is 5.21. The molecule has 1 atom stereocenters. The summed E-state index contributed by atoms with van der Waals surface area (Å²) in [5.41, 5.74) is 6.77. The number of anilines is 1. The molecule has 3 N–H and O–H groups in total. The van der Waals surface area contributed by atoms with E-state index >= 15 is 0 Å². The largest absolute Gasteiger partial charge is 0.494 e. The van der Waals surface area contributed by atoms with Crippen LogP contribution in [0.2, 0.25) is 0 Å². The third-order valence-electron chi connectivity index (χ3n) is 3.53. The number of ether oxygens (including phenoxy) is 1. The zero-order valence-corrected chi connectivity index (χ0v) is 11.5. The van der Waals surface area contributed by atoms with Crippen LogP contribution in [-0.2, 0) is 0 Å². The van der Waals surface area contributed by atoms with Crippen molar-refractivity contribution in [2.45, 2.75) is 6.42 Å². The molecule has 0 bridgehead atoms. The second kappa shape index (κ2) is 5.93. The van der Waals surface area contributed by atoms with Gasteiger partial charge >= 0.3 is 0 Å². The fraction of sp³-hybridized carbons (Fsp3) is 0.500. The van der Waals surface area contributed by atoms with Crippen LogP contribution in [0.25, 0.3) is 0 Å². The van der Waals surface area contributed by atoms with Gasteiger partial charge < -0.3 is 20.7 Å². The van der Waals surface area contributed by atoms with Gasteiger partial charge in [-0.1, -0.05) is 6.07 Å². The minimum Gasteiger partial charge on any atom is -0.494 e. The predicted molar refractivity (Wildman–Crippen MR) is 75.3 cm³/mol. The molecular weight excluding hydrogens is 242 g/mol. The Morgan fingerprint density at radius 1 is 1.58 bits per heavy atom. The molecule has 5 nitrogen and oxygen atoms in total. The van der Waals surface area contributed by atoms with Crippen molar-refractivity contribution >= 4 is 11.6 Å². The molecule has 1 fully saturated rings. The van der Waals surface area contributed by atoms with E-state index in [0.29, 0.717) is 29.5 Å². The standard InChI is InChI=1S/C14H21N3O2/c1-17-7-6-10(9-17)8-16-14(18)11-4-3-5-12(15)13(11)19-2/h3-5,10H,6-9,15H2,1-2H3,(H,16,18). The number of likely N-dealkylation sites (tertiary alicyclic amines) is 1. The van der Waals surface area contributed by atoms with E-state index in [9.17, 15) is 4.79 Å². The molecule has 1 aromatic rings. The van der Waals surface area contributed by atoms with Gasteiger partial charge in [-0.3, -0.25) is 4.79 Å². The van der Waals surface area contributed by atoms with E-state index in [2.05, 4.69) is 17.3 Å². The number of nitrogens with one attached hydrogen (secondary N) is 1. The number of methoxy groups -OCH3 is 1. The summed E-state index contributed by atoms with van der Waals surface area (Å²) in [5.74, 6) is 0.850. The smallest absolute Gasteiger partial charge is 0.255 e. The Hall–Kier alpha value is -1.75. The molecule has 1 amide bonds. The van der Waals surface area contributed by atoms with Gasteiger partial charge in [-0.15, -0.1) is 0 Å². The zero-order valence-electron chi connectivity index (χ0n) is 11.5. The number of rotatable bonds is 4. The van der Waals surface area contributed by atoms with Gasteiger partial charge in [-0.05, 0) is 38.1 Å². The van der Waals surface area contributed by atoms with Gasteiger partial charge in [-0.2, -0.15) is 0 Å². The lowest BCUT2D eigenvalue weighted by atomic mass is 10.1. The van der Waals surface area contributed by atoms with Crippen molar-refractivity contribution in [1.29, 1.82) is 0 Å². The average molecular weight is 263 g/mol. The quantitative estimate of drug-likeness (QED) is 0.794. The van der Waals surface area contributed by atoms with Crippen molar-refractivity contribution in [2.24, 2.45) is 5.92 Å². The second-order valence-electron chi connectivity index (χ2n) is 5.06. The van der Waals surface area contributed by atoms with Crippen molar-refractivity contribution in [3.05, 3.63) is 23.8 Å². The number of carbonyl (C=O) groups is 1. The van der Waals surface area contributed by atoms with Gasteiger partial charge in [0.15, 0.2) is 5.75 Å². The highest BCUT2D eigenvalue weighted by Crippen LogP contribution is 2.25. The van der Waals surface area contributed by atoms with Crippen LogP contribution >= 0.6 is 0 Å². The lowest BCUT2D eigenvalue weighted by Crippen LogP contribution is -2.30. The minimum atomic E-state index is -0.126. The number of nitrogens with two attached hydrogens (primary N) is 1. The molecule has 1 aliphatic heterocycles. The third-order valence-corrected chi connectivity index (χ3v) is 3.53. The molecule has 19 heavy (non-hydrogen) atoms. The molecule has 0 saturated carbocycles. The Labute approximate surface area is 113 Å². The number of nitrogen functional groups attached to an aromatic ring is 1. The van der Waals surface area contributed by atoms with E-state index in [1.54, 1.807) is 18.2 Å². The van der Waals surface area contributed by atoms with E-state index in [1.165, 1.54) is 7.11 Å². The number of carbonyl (C=O) groups excluding carboxylic acids is 1. The Morgan fingerprint density at radius 3 is 3.00 bits per heavy atom. The van der Waals surface area contributed by atoms with Crippen molar-refractivity contribution in [3.8, 4) is 5.75 Å². The third kappa shape index (κ3) is 3.17. The van der Waals surface area contributed by atoms with Crippen LogP contribution in [-0.4, -0.2) is 44.6 Å². The van der Waals surface area contributed by atoms with Crippen LogP contribution in [0.3, 0.4) is 0 Å². The minimum absolute atomic E-state index is 0.126. The molecule has 0 aromatic heterocycles. The first kappa shape index (κ1) is 13.7. The summed E-state index contributed by atoms with van der Waals surface area (Å²) in [4.78, 5) is 14.4. The maximum absolute atomic E-state index is 12.2. The monoisotopic (exact) mass is 263 g/mol. The molecule has 0 aliphatic carbocycles. The topological polar surface area (TPSA) is 67.6 Å². The van der Waals surface area contributed by atoms with Crippen LogP contribution in [0.15, 0.2) is 18.2 Å². The highest BCUT2D eigenvalue weighted by molar-refractivity contribution is 5.98. The Kier molecular flexibility index (Phi) is 4.27. The maximum atomic E-state index is 12.2. The molecule has 2 rings (SSSR count). The second-order valence-corrected chi connectivity index (χ2v) is 5.06. The highest BCUT2D eigenvalue weighted by Gasteiger charge is 2.21. The van der Waals surface area contributed by atoms with E-state index in [4.69, 9.17) is 10.5 Å². The molecular formula is C14H21N3O2. The van der Waals surface area contributed by atoms with Crippen molar-refractivity contribution in [3.63, 3.8) is 0 Å². The van der Waals surface area contributed by atoms with Gasteiger partial charge in [0.1, 0.15) is 0 Å². The summed E-state index contributed by atoms with van der Waals surface area (Å²) in [7, 11) is 3.62. The van der Waals surface area contributed by atoms with E-state index < -0.39 is 0 Å². The zero-order chi connectivity index (χ0) is 13.8. The Balaban J connectivity index is 1.98. The predicted octanol–water partition coefficient (Wildman–Crippen LogP) is 0.959. The van der Waals surface area contributed by atoms with Crippen molar-refractivity contribution in [2.75, 3.05) is 39.5 Å². The van der Waals surface area contributed by atoms with Gasteiger partial charge in [0, 0.05) is 13.1 Å². The van der Waals surface area contributed by atoms with Crippen LogP contribution in [0.1, 0.15) is 16.8 Å². The molecule has 1 aliphatic rings. The normalized spacial score (nSPS) is 19.4. The van der Waals surface area contributed by atoms with Gasteiger partial charge in [0.2, 0.25) is 0 Å². The number of hydrogen-bond donors (Lipinski definition) is 2. The van der Waals surface area contributed by atoms with Crippen LogP contribution in [0.5, 0.6) is 5.75 Å². The number of benzene rings is 1. The van der Waals surface area contributed by atoms with Gasteiger partial charge in [0.25, 0.3) is 5.91 Å². The molecule has 1 unspecified atom stereocenters. The van der Waals surface area contributed by atoms with E-state index in [-0.39, 0.29) is 5.91 Å².